The largest absolute Gasteiger partial charge is 0.379 e. The van der Waals surface area contributed by atoms with Gasteiger partial charge in [-0.15, -0.1) is 0 Å². The molecule has 0 amide bonds. The second kappa shape index (κ2) is 8.01. The van der Waals surface area contributed by atoms with E-state index in [0.717, 1.165) is 38.8 Å². The van der Waals surface area contributed by atoms with Crippen LogP contribution < -0.4 is 5.32 Å². The highest BCUT2D eigenvalue weighted by Crippen LogP contribution is 2.14. The second-order valence-electron chi connectivity index (χ2n) is 4.93. The molecular weight excluding hydrogens is 202 g/mol. The van der Waals surface area contributed by atoms with E-state index in [-0.39, 0.29) is 0 Å². The molecule has 1 aliphatic heterocycles. The first-order valence-electron chi connectivity index (χ1n) is 6.31. The zero-order chi connectivity index (χ0) is 11.8. The van der Waals surface area contributed by atoms with Crippen LogP contribution in [-0.4, -0.2) is 76.9 Å². The van der Waals surface area contributed by atoms with Crippen molar-refractivity contribution in [3.8, 4) is 0 Å². The average molecular weight is 229 g/mol. The topological polar surface area (TPSA) is 27.7 Å². The Morgan fingerprint density at radius 1 is 1.38 bits per heavy atom. The lowest BCUT2D eigenvalue weighted by Crippen LogP contribution is -2.28. The van der Waals surface area contributed by atoms with Gasteiger partial charge in [0.1, 0.15) is 0 Å². The van der Waals surface area contributed by atoms with Gasteiger partial charge in [0.15, 0.2) is 0 Å². The zero-order valence-corrected chi connectivity index (χ0v) is 11.0. The summed E-state index contributed by atoms with van der Waals surface area (Å²) in [4.78, 5) is 4.66. The highest BCUT2D eigenvalue weighted by molar-refractivity contribution is 4.76. The first-order valence-corrected chi connectivity index (χ1v) is 6.31. The summed E-state index contributed by atoms with van der Waals surface area (Å²) >= 11 is 0. The number of hydrogen-bond acceptors (Lipinski definition) is 4. The van der Waals surface area contributed by atoms with Crippen LogP contribution in [0.4, 0.5) is 0 Å². The fourth-order valence-corrected chi connectivity index (χ4v) is 2.11. The third kappa shape index (κ3) is 5.80. The monoisotopic (exact) mass is 229 g/mol. The van der Waals surface area contributed by atoms with Crippen molar-refractivity contribution >= 4 is 0 Å². The Labute approximate surface area is 99.9 Å². The molecule has 1 saturated heterocycles. The van der Waals surface area contributed by atoms with Crippen LogP contribution in [0.2, 0.25) is 0 Å². The molecule has 0 aromatic rings. The summed E-state index contributed by atoms with van der Waals surface area (Å²) in [7, 11) is 6.19. The fourth-order valence-electron chi connectivity index (χ4n) is 2.11. The Hall–Kier alpha value is -0.160. The van der Waals surface area contributed by atoms with Gasteiger partial charge >= 0.3 is 0 Å². The number of likely N-dealkylation sites (N-methyl/N-ethyl adjacent to an activating group) is 1. The van der Waals surface area contributed by atoms with Gasteiger partial charge in [0.05, 0.1) is 13.2 Å². The summed E-state index contributed by atoms with van der Waals surface area (Å²) in [6.45, 7) is 7.45. The van der Waals surface area contributed by atoms with Crippen LogP contribution >= 0.6 is 0 Å². The smallest absolute Gasteiger partial charge is 0.0594 e. The molecule has 4 heteroatoms. The summed E-state index contributed by atoms with van der Waals surface area (Å²) in [6, 6.07) is 0. The minimum Gasteiger partial charge on any atom is -0.379 e. The molecule has 0 aliphatic carbocycles. The zero-order valence-electron chi connectivity index (χ0n) is 11.0. The maximum absolute atomic E-state index is 5.60. The summed E-state index contributed by atoms with van der Waals surface area (Å²) < 4.78 is 5.60. The molecule has 1 heterocycles. The number of rotatable bonds is 8. The van der Waals surface area contributed by atoms with Crippen molar-refractivity contribution in [2.45, 2.75) is 6.42 Å². The fraction of sp³-hybridized carbons (Fsp3) is 1.00. The van der Waals surface area contributed by atoms with E-state index in [1.807, 2.05) is 7.05 Å². The Kier molecular flexibility index (Phi) is 6.96. The minimum atomic E-state index is 0.840. The van der Waals surface area contributed by atoms with Crippen LogP contribution in [-0.2, 0) is 4.74 Å². The SMILES string of the molecule is CNCC1CCN(CCOCCN(C)C)C1. The summed E-state index contributed by atoms with van der Waals surface area (Å²) in [5.41, 5.74) is 0. The quantitative estimate of drug-likeness (QED) is 0.598. The molecule has 0 radical (unpaired) electrons. The molecule has 1 fully saturated rings. The van der Waals surface area contributed by atoms with E-state index in [1.54, 1.807) is 0 Å². The van der Waals surface area contributed by atoms with E-state index < -0.39 is 0 Å². The van der Waals surface area contributed by atoms with Gasteiger partial charge < -0.3 is 19.9 Å². The number of likely N-dealkylation sites (tertiary alicyclic amines) is 1. The first-order chi connectivity index (χ1) is 7.72. The van der Waals surface area contributed by atoms with Gasteiger partial charge in [-0.05, 0) is 46.6 Å². The van der Waals surface area contributed by atoms with E-state index in [1.165, 1.54) is 19.5 Å². The molecule has 4 nitrogen and oxygen atoms in total. The maximum Gasteiger partial charge on any atom is 0.0594 e. The van der Waals surface area contributed by atoms with Crippen molar-refractivity contribution in [2.24, 2.45) is 5.92 Å². The van der Waals surface area contributed by atoms with Crippen LogP contribution in [0.1, 0.15) is 6.42 Å². The second-order valence-corrected chi connectivity index (χ2v) is 4.93. The van der Waals surface area contributed by atoms with Crippen LogP contribution in [0.3, 0.4) is 0 Å². The van der Waals surface area contributed by atoms with E-state index >= 15 is 0 Å². The average Bonchev–Trinajstić information content (AvgIpc) is 2.65. The molecule has 1 aliphatic rings. The first kappa shape index (κ1) is 13.9. The molecule has 0 spiro atoms. The molecular formula is C12H27N3O. The Balaban J connectivity index is 1.94. The van der Waals surface area contributed by atoms with Crippen LogP contribution in [0.5, 0.6) is 0 Å². The molecule has 16 heavy (non-hydrogen) atoms. The van der Waals surface area contributed by atoms with E-state index in [0.29, 0.717) is 0 Å². The van der Waals surface area contributed by atoms with Crippen molar-refractivity contribution in [3.05, 3.63) is 0 Å². The van der Waals surface area contributed by atoms with Crippen LogP contribution in [0.25, 0.3) is 0 Å². The third-order valence-corrected chi connectivity index (χ3v) is 3.10. The van der Waals surface area contributed by atoms with Gasteiger partial charge in [0, 0.05) is 19.6 Å². The molecule has 96 valence electrons. The minimum absolute atomic E-state index is 0.840. The predicted molar refractivity (Wildman–Crippen MR) is 67.8 cm³/mol. The van der Waals surface area contributed by atoms with Crippen molar-refractivity contribution < 1.29 is 4.74 Å². The van der Waals surface area contributed by atoms with E-state index in [2.05, 4.69) is 29.2 Å². The van der Waals surface area contributed by atoms with E-state index in [9.17, 15) is 0 Å². The van der Waals surface area contributed by atoms with Gasteiger partial charge in [0.2, 0.25) is 0 Å². The summed E-state index contributed by atoms with van der Waals surface area (Å²) in [6.07, 6.45) is 1.33. The molecule has 1 rings (SSSR count). The highest BCUT2D eigenvalue weighted by Gasteiger charge is 2.20. The van der Waals surface area contributed by atoms with Gasteiger partial charge in [-0.3, -0.25) is 0 Å². The number of hydrogen-bond donors (Lipinski definition) is 1. The number of ether oxygens (including phenoxy) is 1. The summed E-state index contributed by atoms with van der Waals surface area (Å²) in [5, 5.41) is 3.26. The van der Waals surface area contributed by atoms with Crippen LogP contribution in [0, 0.1) is 5.92 Å². The molecule has 0 bridgehead atoms. The standard InChI is InChI=1S/C12H27N3O/c1-13-10-12-4-5-15(11-12)7-9-16-8-6-14(2)3/h12-13H,4-11H2,1-3H3. The Bertz CT molecular complexity index is 176. The van der Waals surface area contributed by atoms with Gasteiger partial charge in [-0.2, -0.15) is 0 Å². The normalized spacial score (nSPS) is 22.1. The molecule has 0 aromatic heterocycles. The number of nitrogens with one attached hydrogen (secondary N) is 1. The van der Waals surface area contributed by atoms with Gasteiger partial charge in [-0.25, -0.2) is 0 Å². The van der Waals surface area contributed by atoms with Gasteiger partial charge in [-0.1, -0.05) is 0 Å². The third-order valence-electron chi connectivity index (χ3n) is 3.10. The number of nitrogens with zero attached hydrogens (tertiary/aromatic N) is 2. The summed E-state index contributed by atoms with van der Waals surface area (Å²) in [5.74, 6) is 0.840. The maximum atomic E-state index is 5.60. The van der Waals surface area contributed by atoms with Crippen molar-refractivity contribution in [1.82, 2.24) is 15.1 Å². The molecule has 0 aromatic carbocycles. The molecule has 1 unspecified atom stereocenters. The Morgan fingerprint density at radius 2 is 2.19 bits per heavy atom. The molecule has 1 atom stereocenters. The van der Waals surface area contributed by atoms with Gasteiger partial charge in [0.25, 0.3) is 0 Å². The lowest BCUT2D eigenvalue weighted by atomic mass is 10.1. The lowest BCUT2D eigenvalue weighted by Gasteiger charge is -2.16. The molecule has 1 N–H and O–H groups in total. The van der Waals surface area contributed by atoms with Crippen LogP contribution in [0.15, 0.2) is 0 Å². The van der Waals surface area contributed by atoms with Crippen molar-refractivity contribution in [1.29, 1.82) is 0 Å². The van der Waals surface area contributed by atoms with E-state index in [4.69, 9.17) is 4.74 Å². The molecule has 0 saturated carbocycles. The van der Waals surface area contributed by atoms with Crippen molar-refractivity contribution in [3.63, 3.8) is 0 Å². The Morgan fingerprint density at radius 3 is 2.88 bits per heavy atom. The highest BCUT2D eigenvalue weighted by atomic mass is 16.5. The lowest BCUT2D eigenvalue weighted by molar-refractivity contribution is 0.0976. The van der Waals surface area contributed by atoms with Crippen molar-refractivity contribution in [2.75, 3.05) is 67.1 Å². The predicted octanol–water partition coefficient (Wildman–Crippen LogP) is 0.106.